The first kappa shape index (κ1) is 15.3. The molecule has 0 fully saturated rings. The molecular formula is C14H21NO4. The Morgan fingerprint density at radius 1 is 1.11 bits per heavy atom. The average Bonchev–Trinajstić information content (AvgIpc) is 2.45. The van der Waals surface area contributed by atoms with Crippen molar-refractivity contribution in [3.63, 3.8) is 0 Å². The fraction of sp³-hybridized carbons (Fsp3) is 0.500. The number of rotatable bonds is 8. The second-order valence-electron chi connectivity index (χ2n) is 4.01. The highest BCUT2D eigenvalue weighted by molar-refractivity contribution is 6.03. The number of carbonyl (C=O) groups excluding carboxylic acids is 1. The Balaban J connectivity index is 3.05. The van der Waals surface area contributed by atoms with Gasteiger partial charge in [-0.25, -0.2) is 0 Å². The number of ketones is 1. The smallest absolute Gasteiger partial charge is 0.184 e. The molecule has 0 spiro atoms. The van der Waals surface area contributed by atoms with Gasteiger partial charge in [0.15, 0.2) is 5.78 Å². The number of nitrogens with one attached hydrogen (secondary N) is 1. The fourth-order valence-corrected chi connectivity index (χ4v) is 1.75. The molecule has 19 heavy (non-hydrogen) atoms. The van der Waals surface area contributed by atoms with Gasteiger partial charge in [0, 0.05) is 12.1 Å². The molecule has 0 atom stereocenters. The third-order valence-corrected chi connectivity index (χ3v) is 2.71. The van der Waals surface area contributed by atoms with Crippen LogP contribution in [0.5, 0.6) is 17.2 Å². The molecule has 5 heteroatoms. The van der Waals surface area contributed by atoms with Crippen LogP contribution in [0.15, 0.2) is 12.1 Å². The van der Waals surface area contributed by atoms with Gasteiger partial charge in [0.2, 0.25) is 0 Å². The maximum atomic E-state index is 12.2. The number of hydrogen-bond donors (Lipinski definition) is 1. The minimum Gasteiger partial charge on any atom is -0.496 e. The summed E-state index contributed by atoms with van der Waals surface area (Å²) >= 11 is 0. The van der Waals surface area contributed by atoms with Crippen molar-refractivity contribution in [1.82, 2.24) is 5.32 Å². The number of Topliss-reactive ketones (excluding diaryl/α,β-unsaturated/α-hetero) is 1. The summed E-state index contributed by atoms with van der Waals surface area (Å²) in [4.78, 5) is 12.2. The van der Waals surface area contributed by atoms with E-state index in [4.69, 9.17) is 14.2 Å². The van der Waals surface area contributed by atoms with E-state index in [0.717, 1.165) is 13.0 Å². The van der Waals surface area contributed by atoms with Gasteiger partial charge in [0.1, 0.15) is 22.8 Å². The van der Waals surface area contributed by atoms with Gasteiger partial charge in [0.05, 0.1) is 27.9 Å². The Morgan fingerprint density at radius 2 is 1.68 bits per heavy atom. The van der Waals surface area contributed by atoms with E-state index in [0.29, 0.717) is 22.8 Å². The van der Waals surface area contributed by atoms with E-state index in [1.54, 1.807) is 19.2 Å². The molecule has 1 N–H and O–H groups in total. The molecule has 0 amide bonds. The molecule has 0 saturated carbocycles. The molecule has 0 saturated heterocycles. The van der Waals surface area contributed by atoms with Gasteiger partial charge in [-0.3, -0.25) is 4.79 Å². The Hall–Kier alpha value is -1.75. The van der Waals surface area contributed by atoms with Crippen LogP contribution < -0.4 is 19.5 Å². The summed E-state index contributed by atoms with van der Waals surface area (Å²) in [6, 6.07) is 3.35. The van der Waals surface area contributed by atoms with E-state index >= 15 is 0 Å². The molecule has 0 aliphatic rings. The summed E-state index contributed by atoms with van der Waals surface area (Å²) < 4.78 is 15.6. The quantitative estimate of drug-likeness (QED) is 0.576. The second kappa shape index (κ2) is 7.63. The highest BCUT2D eigenvalue weighted by atomic mass is 16.5. The van der Waals surface area contributed by atoms with E-state index in [-0.39, 0.29) is 12.3 Å². The second-order valence-corrected chi connectivity index (χ2v) is 4.01. The van der Waals surface area contributed by atoms with Crippen LogP contribution in [0.3, 0.4) is 0 Å². The van der Waals surface area contributed by atoms with Crippen molar-refractivity contribution in [3.8, 4) is 17.2 Å². The van der Waals surface area contributed by atoms with Crippen LogP contribution >= 0.6 is 0 Å². The zero-order valence-electron chi connectivity index (χ0n) is 11.9. The lowest BCUT2D eigenvalue weighted by molar-refractivity contribution is 0.0985. The van der Waals surface area contributed by atoms with Crippen molar-refractivity contribution >= 4 is 5.78 Å². The van der Waals surface area contributed by atoms with Crippen LogP contribution in [-0.2, 0) is 0 Å². The fourth-order valence-electron chi connectivity index (χ4n) is 1.75. The summed E-state index contributed by atoms with van der Waals surface area (Å²) in [6.45, 7) is 3.10. The Kier molecular flexibility index (Phi) is 6.15. The lowest BCUT2D eigenvalue weighted by Crippen LogP contribution is -2.24. The maximum Gasteiger partial charge on any atom is 0.184 e. The van der Waals surface area contributed by atoms with E-state index < -0.39 is 0 Å². The third-order valence-electron chi connectivity index (χ3n) is 2.71. The molecule has 5 nitrogen and oxygen atoms in total. The van der Waals surface area contributed by atoms with E-state index in [2.05, 4.69) is 5.32 Å². The zero-order chi connectivity index (χ0) is 14.3. The number of benzene rings is 1. The topological polar surface area (TPSA) is 56.8 Å². The molecule has 0 heterocycles. The first-order valence-corrected chi connectivity index (χ1v) is 6.21. The van der Waals surface area contributed by atoms with Crippen LogP contribution in [0.25, 0.3) is 0 Å². The molecule has 0 aliphatic carbocycles. The normalized spacial score (nSPS) is 10.1. The predicted octanol–water partition coefficient (Wildman–Crippen LogP) is 1.89. The zero-order valence-corrected chi connectivity index (χ0v) is 11.9. The van der Waals surface area contributed by atoms with E-state index in [1.807, 2.05) is 6.92 Å². The predicted molar refractivity (Wildman–Crippen MR) is 73.6 cm³/mol. The Morgan fingerprint density at radius 3 is 2.11 bits per heavy atom. The largest absolute Gasteiger partial charge is 0.496 e. The molecule has 0 bridgehead atoms. The summed E-state index contributed by atoms with van der Waals surface area (Å²) in [7, 11) is 4.59. The van der Waals surface area contributed by atoms with Gasteiger partial charge >= 0.3 is 0 Å². The number of carbonyl (C=O) groups is 1. The monoisotopic (exact) mass is 267 g/mol. The standard InChI is InChI=1S/C14H21NO4/c1-5-6-15-9-11(16)14-12(18-3)7-10(17-2)8-13(14)19-4/h7-8,15H,5-6,9H2,1-4H3. The highest BCUT2D eigenvalue weighted by Gasteiger charge is 2.19. The summed E-state index contributed by atoms with van der Waals surface area (Å²) in [6.07, 6.45) is 0.976. The summed E-state index contributed by atoms with van der Waals surface area (Å²) in [5.41, 5.74) is 0.439. The Bertz CT molecular complexity index is 406. The van der Waals surface area contributed by atoms with Gasteiger partial charge in [-0.15, -0.1) is 0 Å². The van der Waals surface area contributed by atoms with Crippen LogP contribution in [0.2, 0.25) is 0 Å². The van der Waals surface area contributed by atoms with Crippen molar-refractivity contribution in [2.24, 2.45) is 0 Å². The third kappa shape index (κ3) is 3.86. The first-order chi connectivity index (χ1) is 9.17. The SMILES string of the molecule is CCCNCC(=O)c1c(OC)cc(OC)cc1OC. The van der Waals surface area contributed by atoms with Crippen LogP contribution in [0.1, 0.15) is 23.7 Å². The van der Waals surface area contributed by atoms with Crippen LogP contribution in [0, 0.1) is 0 Å². The van der Waals surface area contributed by atoms with Gasteiger partial charge in [-0.1, -0.05) is 6.92 Å². The molecular weight excluding hydrogens is 246 g/mol. The van der Waals surface area contributed by atoms with Crippen LogP contribution in [0.4, 0.5) is 0 Å². The minimum absolute atomic E-state index is 0.0650. The lowest BCUT2D eigenvalue weighted by Gasteiger charge is -2.14. The van der Waals surface area contributed by atoms with Crippen molar-refractivity contribution < 1.29 is 19.0 Å². The van der Waals surface area contributed by atoms with Gasteiger partial charge in [-0.05, 0) is 13.0 Å². The van der Waals surface area contributed by atoms with Gasteiger partial charge < -0.3 is 19.5 Å². The maximum absolute atomic E-state index is 12.2. The van der Waals surface area contributed by atoms with Crippen molar-refractivity contribution in [2.45, 2.75) is 13.3 Å². The molecule has 0 radical (unpaired) electrons. The van der Waals surface area contributed by atoms with Crippen molar-refractivity contribution in [3.05, 3.63) is 17.7 Å². The first-order valence-electron chi connectivity index (χ1n) is 6.21. The Labute approximate surface area is 113 Å². The van der Waals surface area contributed by atoms with Crippen molar-refractivity contribution in [2.75, 3.05) is 34.4 Å². The molecule has 1 rings (SSSR count). The number of ether oxygens (including phenoxy) is 3. The van der Waals surface area contributed by atoms with Crippen LogP contribution in [-0.4, -0.2) is 40.2 Å². The molecule has 0 aliphatic heterocycles. The average molecular weight is 267 g/mol. The van der Waals surface area contributed by atoms with Gasteiger partial charge in [-0.2, -0.15) is 0 Å². The van der Waals surface area contributed by atoms with Crippen molar-refractivity contribution in [1.29, 1.82) is 0 Å². The minimum atomic E-state index is -0.0650. The van der Waals surface area contributed by atoms with Gasteiger partial charge in [0.25, 0.3) is 0 Å². The summed E-state index contributed by atoms with van der Waals surface area (Å²) in [5.74, 6) is 1.44. The van der Waals surface area contributed by atoms with E-state index in [9.17, 15) is 4.79 Å². The molecule has 0 unspecified atom stereocenters. The number of methoxy groups -OCH3 is 3. The molecule has 1 aromatic carbocycles. The molecule has 1 aromatic rings. The lowest BCUT2D eigenvalue weighted by atomic mass is 10.1. The number of hydrogen-bond acceptors (Lipinski definition) is 5. The van der Waals surface area contributed by atoms with E-state index in [1.165, 1.54) is 14.2 Å². The highest BCUT2D eigenvalue weighted by Crippen LogP contribution is 2.34. The molecule has 0 aromatic heterocycles. The summed E-state index contributed by atoms with van der Waals surface area (Å²) in [5, 5.41) is 3.07. The molecule has 106 valence electrons.